The minimum atomic E-state index is -2.50. The van der Waals surface area contributed by atoms with Gasteiger partial charge in [0, 0.05) is 0 Å². The second kappa shape index (κ2) is 10.1. The summed E-state index contributed by atoms with van der Waals surface area (Å²) >= 11 is 15.2. The first-order valence-electron chi connectivity index (χ1n) is 14.9. The van der Waals surface area contributed by atoms with Gasteiger partial charge in [-0.25, -0.2) is 0 Å². The Labute approximate surface area is 263 Å². The van der Waals surface area contributed by atoms with Crippen molar-refractivity contribution in [3.05, 3.63) is 167 Å². The Kier molecular flexibility index (Phi) is 6.27. The molecule has 6 aromatic carbocycles. The van der Waals surface area contributed by atoms with Gasteiger partial charge in [-0.2, -0.15) is 0 Å². The van der Waals surface area contributed by atoms with E-state index in [0.717, 1.165) is 0 Å². The second-order valence-electron chi connectivity index (χ2n) is 12.2. The van der Waals surface area contributed by atoms with Gasteiger partial charge in [-0.1, -0.05) is 147 Å². The van der Waals surface area contributed by atoms with Gasteiger partial charge in [0.2, 0.25) is 0 Å². The van der Waals surface area contributed by atoms with Crippen LogP contribution in [0.25, 0.3) is 43.1 Å². The molecule has 2 atom stereocenters. The zero-order valence-corrected chi connectivity index (χ0v) is 26.6. The first kappa shape index (κ1) is 26.7. The molecule has 0 aliphatic heterocycles. The van der Waals surface area contributed by atoms with E-state index in [1.807, 2.05) is 0 Å². The monoisotopic (exact) mass is 608 g/mol. The Morgan fingerprint density at radius 1 is 0.442 bits per heavy atom. The Balaban J connectivity index is 1.48. The van der Waals surface area contributed by atoms with Crippen LogP contribution in [-0.4, -0.2) is 8.07 Å². The summed E-state index contributed by atoms with van der Waals surface area (Å²) in [6, 6.07) is 48.0. The Bertz CT molecular complexity index is 1970. The molecule has 0 saturated carbocycles. The molecule has 0 heterocycles. The first-order chi connectivity index (χ1) is 21.0. The van der Waals surface area contributed by atoms with Crippen LogP contribution in [0.1, 0.15) is 44.1 Å². The Morgan fingerprint density at radius 2 is 0.814 bits per heavy atom. The zero-order chi connectivity index (χ0) is 29.3. The maximum atomic E-state index is 7.61. The van der Waals surface area contributed by atoms with Gasteiger partial charge in [-0.3, -0.25) is 0 Å². The van der Waals surface area contributed by atoms with Gasteiger partial charge in [0.1, 0.15) is 8.07 Å². The van der Waals surface area contributed by atoms with Gasteiger partial charge in [-0.05, 0) is 76.5 Å². The van der Waals surface area contributed by atoms with E-state index in [1.54, 1.807) is 0 Å². The van der Waals surface area contributed by atoms with Crippen molar-refractivity contribution in [2.45, 2.75) is 23.8 Å². The zero-order valence-electron chi connectivity index (χ0n) is 24.1. The van der Waals surface area contributed by atoms with E-state index in [4.69, 9.17) is 23.2 Å². The highest BCUT2D eigenvalue weighted by Gasteiger charge is 2.47. The van der Waals surface area contributed by atoms with Gasteiger partial charge in [0.15, 0.2) is 0 Å². The van der Waals surface area contributed by atoms with E-state index < -0.39 is 8.07 Å². The van der Waals surface area contributed by atoms with E-state index in [9.17, 15) is 0 Å². The molecule has 0 nitrogen and oxygen atoms in total. The standard InChI is InChI=1S/C40H30Cl2Si/c1-43(2,39-31-23-21-25-13-9-11-19-29(25)35(31)37(41)33(39)27-15-5-3-6-16-27)40-32-24-22-26-14-10-12-20-30(26)36(32)38(42)34(40)28-17-7-4-8-18-28/h3-24,37-38H,1-2H3. The largest absolute Gasteiger partial charge is 0.114 e. The van der Waals surface area contributed by atoms with Crippen molar-refractivity contribution >= 4 is 74.4 Å². The van der Waals surface area contributed by atoms with Crippen LogP contribution >= 0.6 is 23.2 Å². The Morgan fingerprint density at radius 3 is 1.23 bits per heavy atom. The van der Waals surface area contributed by atoms with Crippen molar-refractivity contribution in [3.63, 3.8) is 0 Å². The molecular formula is C40H30Cl2Si. The highest BCUT2D eigenvalue weighted by molar-refractivity contribution is 7.11. The molecular weight excluding hydrogens is 579 g/mol. The summed E-state index contributed by atoms with van der Waals surface area (Å²) in [4.78, 5) is 0. The SMILES string of the molecule is C[Si](C)(C1=C(c2ccccc2)C(Cl)c2c1ccc1ccccc21)C1=C(c2ccccc2)C(Cl)c2c1ccc1ccccc21. The summed E-state index contributed by atoms with van der Waals surface area (Å²) in [5.74, 6) is 0. The number of fused-ring (bicyclic) bond motifs is 6. The molecule has 0 N–H and O–H groups in total. The quantitative estimate of drug-likeness (QED) is 0.138. The molecule has 2 aliphatic rings. The van der Waals surface area contributed by atoms with Crippen LogP contribution in [0.3, 0.4) is 0 Å². The minimum absolute atomic E-state index is 0.240. The van der Waals surface area contributed by atoms with Gasteiger partial charge in [0.05, 0.1) is 10.8 Å². The topological polar surface area (TPSA) is 0 Å². The lowest BCUT2D eigenvalue weighted by atomic mass is 9.98. The number of hydrogen-bond acceptors (Lipinski definition) is 0. The predicted octanol–water partition coefficient (Wildman–Crippen LogP) is 11.9. The fourth-order valence-corrected chi connectivity index (χ4v) is 12.8. The van der Waals surface area contributed by atoms with Gasteiger partial charge in [0.25, 0.3) is 0 Å². The predicted molar refractivity (Wildman–Crippen MR) is 189 cm³/mol. The van der Waals surface area contributed by atoms with Gasteiger partial charge >= 0.3 is 0 Å². The number of benzene rings is 6. The van der Waals surface area contributed by atoms with Crippen molar-refractivity contribution < 1.29 is 0 Å². The maximum absolute atomic E-state index is 7.61. The van der Waals surface area contributed by atoms with Crippen LogP contribution in [0.15, 0.2) is 133 Å². The van der Waals surface area contributed by atoms with E-state index >= 15 is 0 Å². The van der Waals surface area contributed by atoms with Crippen molar-refractivity contribution in [3.8, 4) is 0 Å². The summed E-state index contributed by atoms with van der Waals surface area (Å²) in [5, 5.41) is 7.26. The third kappa shape index (κ3) is 3.96. The molecule has 2 unspecified atom stereocenters. The van der Waals surface area contributed by atoms with Crippen molar-refractivity contribution in [1.29, 1.82) is 0 Å². The number of allylic oxidation sites excluding steroid dienone is 2. The fourth-order valence-electron chi connectivity index (χ4n) is 7.69. The summed E-state index contributed by atoms with van der Waals surface area (Å²) < 4.78 is 0. The second-order valence-corrected chi connectivity index (χ2v) is 17.3. The molecule has 0 amide bonds. The molecule has 0 fully saturated rings. The minimum Gasteiger partial charge on any atom is -0.113 e. The summed E-state index contributed by atoms with van der Waals surface area (Å²) in [6.45, 7) is 5.01. The number of hydrogen-bond donors (Lipinski definition) is 0. The van der Waals surface area contributed by atoms with Crippen LogP contribution < -0.4 is 0 Å². The van der Waals surface area contributed by atoms with Crippen molar-refractivity contribution in [1.82, 2.24) is 0 Å². The highest BCUT2D eigenvalue weighted by atomic mass is 35.5. The third-order valence-corrected chi connectivity index (χ3v) is 13.9. The average molecular weight is 610 g/mol. The molecule has 3 heteroatoms. The van der Waals surface area contributed by atoms with Gasteiger partial charge < -0.3 is 0 Å². The van der Waals surface area contributed by atoms with E-state index in [0.29, 0.717) is 0 Å². The molecule has 0 spiro atoms. The fraction of sp³-hybridized carbons (Fsp3) is 0.100. The number of rotatable bonds is 4. The van der Waals surface area contributed by atoms with Crippen molar-refractivity contribution in [2.24, 2.45) is 0 Å². The third-order valence-electron chi connectivity index (χ3n) is 9.45. The normalized spacial score (nSPS) is 18.0. The van der Waals surface area contributed by atoms with Crippen LogP contribution in [0.2, 0.25) is 13.1 Å². The molecule has 43 heavy (non-hydrogen) atoms. The van der Waals surface area contributed by atoms with Crippen LogP contribution in [-0.2, 0) is 0 Å². The molecule has 208 valence electrons. The first-order valence-corrected chi connectivity index (χ1v) is 18.8. The lowest BCUT2D eigenvalue weighted by Crippen LogP contribution is -2.31. The summed E-state index contributed by atoms with van der Waals surface area (Å²) in [6.07, 6.45) is 0. The smallest absolute Gasteiger partial charge is 0.113 e. The van der Waals surface area contributed by atoms with E-state index in [-0.39, 0.29) is 10.8 Å². The number of alkyl halides is 2. The molecule has 0 radical (unpaired) electrons. The van der Waals surface area contributed by atoms with E-state index in [1.165, 1.54) is 76.5 Å². The maximum Gasteiger partial charge on any atom is 0.114 e. The summed E-state index contributed by atoms with van der Waals surface area (Å²) in [7, 11) is -2.50. The van der Waals surface area contributed by atoms with Crippen LogP contribution in [0, 0.1) is 0 Å². The molecule has 0 bridgehead atoms. The molecule has 2 aliphatic carbocycles. The Hall–Kier alpha value is -3.88. The highest BCUT2D eigenvalue weighted by Crippen LogP contribution is 2.60. The van der Waals surface area contributed by atoms with Gasteiger partial charge in [-0.15, -0.1) is 23.2 Å². The average Bonchev–Trinajstić information content (AvgIpc) is 3.54. The van der Waals surface area contributed by atoms with Crippen LogP contribution in [0.4, 0.5) is 0 Å². The molecule has 0 aromatic heterocycles. The van der Waals surface area contributed by atoms with Crippen LogP contribution in [0.5, 0.6) is 0 Å². The number of halogens is 2. The molecule has 8 rings (SSSR count). The molecule has 0 saturated heterocycles. The molecule has 6 aromatic rings. The van der Waals surface area contributed by atoms with Crippen molar-refractivity contribution in [2.75, 3.05) is 0 Å². The summed E-state index contributed by atoms with van der Waals surface area (Å²) in [5.41, 5.74) is 9.91. The van der Waals surface area contributed by atoms with E-state index in [2.05, 4.69) is 147 Å². The lowest BCUT2D eigenvalue weighted by Gasteiger charge is -2.31. The lowest BCUT2D eigenvalue weighted by molar-refractivity contribution is 1.29.